The van der Waals surface area contributed by atoms with Crippen molar-refractivity contribution in [2.75, 3.05) is 0 Å². The van der Waals surface area contributed by atoms with Crippen LogP contribution in [0.5, 0.6) is 0 Å². The second-order valence-electron chi connectivity index (χ2n) is 4.78. The average molecular weight is 243 g/mol. The van der Waals surface area contributed by atoms with Crippen LogP contribution < -0.4 is 0 Å². The predicted molar refractivity (Wildman–Crippen MR) is 75.5 cm³/mol. The van der Waals surface area contributed by atoms with E-state index in [1.165, 1.54) is 19.3 Å². The van der Waals surface area contributed by atoms with Gasteiger partial charge in [-0.1, -0.05) is 56.9 Å². The molecule has 1 aromatic heterocycles. The molecule has 0 saturated carbocycles. The number of benzene rings is 1. The highest BCUT2D eigenvalue weighted by atomic mass is 16.3. The Kier molecular flexibility index (Phi) is 4.71. The third-order valence-electron chi connectivity index (χ3n) is 3.35. The van der Waals surface area contributed by atoms with Crippen molar-refractivity contribution in [2.45, 2.75) is 45.1 Å². The van der Waals surface area contributed by atoms with Gasteiger partial charge in [-0.25, -0.2) is 0 Å². The lowest BCUT2D eigenvalue weighted by molar-refractivity contribution is 0.160. The van der Waals surface area contributed by atoms with E-state index in [0.29, 0.717) is 0 Å². The van der Waals surface area contributed by atoms with Crippen LogP contribution in [0, 0.1) is 0 Å². The van der Waals surface area contributed by atoms with Gasteiger partial charge in [-0.2, -0.15) is 0 Å². The van der Waals surface area contributed by atoms with E-state index in [0.717, 1.165) is 29.3 Å². The third kappa shape index (κ3) is 3.08. The molecule has 2 aromatic rings. The average Bonchev–Trinajstić information content (AvgIpc) is 2.43. The van der Waals surface area contributed by atoms with Crippen molar-refractivity contribution < 1.29 is 5.11 Å². The molecular weight excluding hydrogens is 222 g/mol. The summed E-state index contributed by atoms with van der Waals surface area (Å²) in [5.41, 5.74) is 0.824. The first kappa shape index (κ1) is 13.0. The van der Waals surface area contributed by atoms with E-state index in [2.05, 4.69) is 18.0 Å². The van der Waals surface area contributed by atoms with Gasteiger partial charge in [-0.15, -0.1) is 0 Å². The molecule has 18 heavy (non-hydrogen) atoms. The van der Waals surface area contributed by atoms with E-state index in [1.54, 1.807) is 6.20 Å². The van der Waals surface area contributed by atoms with Crippen LogP contribution in [0.2, 0.25) is 0 Å². The number of fused-ring (bicyclic) bond motifs is 1. The maximum Gasteiger partial charge on any atom is 0.0966 e. The number of aliphatic hydroxyl groups is 1. The summed E-state index contributed by atoms with van der Waals surface area (Å²) in [7, 11) is 0. The summed E-state index contributed by atoms with van der Waals surface area (Å²) in [6.45, 7) is 2.20. The molecule has 1 atom stereocenters. The lowest BCUT2D eigenvalue weighted by Crippen LogP contribution is -2.01. The molecule has 0 spiro atoms. The number of nitrogens with zero attached hydrogens (tertiary/aromatic N) is 1. The smallest absolute Gasteiger partial charge is 0.0966 e. The van der Waals surface area contributed by atoms with E-state index >= 15 is 0 Å². The molecule has 0 amide bonds. The molecule has 0 bridgehead atoms. The van der Waals surface area contributed by atoms with Crippen LogP contribution in [0.4, 0.5) is 0 Å². The summed E-state index contributed by atoms with van der Waals surface area (Å²) >= 11 is 0. The Bertz CT molecular complexity index is 490. The molecule has 1 aromatic carbocycles. The summed E-state index contributed by atoms with van der Waals surface area (Å²) in [6, 6.07) is 10.1. The van der Waals surface area contributed by atoms with E-state index in [4.69, 9.17) is 0 Å². The Morgan fingerprint density at radius 3 is 2.78 bits per heavy atom. The maximum absolute atomic E-state index is 10.3. The van der Waals surface area contributed by atoms with Crippen molar-refractivity contribution in [1.29, 1.82) is 0 Å². The van der Waals surface area contributed by atoms with Crippen molar-refractivity contribution in [3.05, 3.63) is 42.2 Å². The first-order valence-corrected chi connectivity index (χ1v) is 6.84. The molecule has 0 saturated heterocycles. The number of unbranched alkanes of at least 4 members (excludes halogenated alkanes) is 3. The lowest BCUT2D eigenvalue weighted by Gasteiger charge is -2.12. The second-order valence-corrected chi connectivity index (χ2v) is 4.78. The Morgan fingerprint density at radius 1 is 1.11 bits per heavy atom. The molecule has 0 fully saturated rings. The monoisotopic (exact) mass is 243 g/mol. The zero-order chi connectivity index (χ0) is 12.8. The topological polar surface area (TPSA) is 33.1 Å². The molecule has 0 aliphatic carbocycles. The first-order chi connectivity index (χ1) is 8.83. The maximum atomic E-state index is 10.3. The molecule has 1 heterocycles. The van der Waals surface area contributed by atoms with Crippen molar-refractivity contribution >= 4 is 10.8 Å². The quantitative estimate of drug-likeness (QED) is 0.770. The van der Waals surface area contributed by atoms with Gasteiger partial charge in [0.2, 0.25) is 0 Å². The Hall–Kier alpha value is -1.41. The molecule has 2 heteroatoms. The number of rotatable bonds is 6. The normalized spacial score (nSPS) is 12.8. The molecule has 2 nitrogen and oxygen atoms in total. The SMILES string of the molecule is CCCCCCC(O)c1nccc2ccccc12. The van der Waals surface area contributed by atoms with Crippen molar-refractivity contribution in [3.8, 4) is 0 Å². The van der Waals surface area contributed by atoms with Gasteiger partial charge in [0.1, 0.15) is 0 Å². The third-order valence-corrected chi connectivity index (χ3v) is 3.35. The first-order valence-electron chi connectivity index (χ1n) is 6.84. The van der Waals surface area contributed by atoms with Gasteiger partial charge in [-0.05, 0) is 17.9 Å². The molecule has 0 aliphatic heterocycles. The molecule has 0 aliphatic rings. The highest BCUT2D eigenvalue weighted by Crippen LogP contribution is 2.25. The van der Waals surface area contributed by atoms with Gasteiger partial charge >= 0.3 is 0 Å². The van der Waals surface area contributed by atoms with Gasteiger partial charge in [0, 0.05) is 11.6 Å². The molecule has 0 radical (unpaired) electrons. The summed E-state index contributed by atoms with van der Waals surface area (Å²) in [5.74, 6) is 0. The van der Waals surface area contributed by atoms with Gasteiger partial charge in [0.15, 0.2) is 0 Å². The predicted octanol–water partition coefficient (Wildman–Crippen LogP) is 4.24. The highest BCUT2D eigenvalue weighted by Gasteiger charge is 2.11. The Labute approximate surface area is 109 Å². The Morgan fingerprint density at radius 2 is 1.94 bits per heavy atom. The zero-order valence-corrected chi connectivity index (χ0v) is 11.0. The Balaban J connectivity index is 2.10. The van der Waals surface area contributed by atoms with Gasteiger partial charge in [-0.3, -0.25) is 4.98 Å². The standard InChI is InChI=1S/C16H21NO/c1-2-3-4-5-10-15(18)16-14-9-7-6-8-13(14)11-12-17-16/h6-9,11-12,15,18H,2-5,10H2,1H3. The fraction of sp³-hybridized carbons (Fsp3) is 0.438. The number of hydrogen-bond acceptors (Lipinski definition) is 2. The summed E-state index contributed by atoms with van der Waals surface area (Å²) in [6.07, 6.45) is 6.89. The number of aliphatic hydroxyl groups excluding tert-OH is 1. The summed E-state index contributed by atoms with van der Waals surface area (Å²) in [5, 5.41) is 12.5. The molecule has 1 unspecified atom stereocenters. The second kappa shape index (κ2) is 6.50. The van der Waals surface area contributed by atoms with Crippen LogP contribution in [0.15, 0.2) is 36.5 Å². The largest absolute Gasteiger partial charge is 0.387 e. The zero-order valence-electron chi connectivity index (χ0n) is 11.0. The molecule has 2 rings (SSSR count). The summed E-state index contributed by atoms with van der Waals surface area (Å²) in [4.78, 5) is 4.36. The molecular formula is C16H21NO. The van der Waals surface area contributed by atoms with Gasteiger partial charge in [0.05, 0.1) is 11.8 Å². The van der Waals surface area contributed by atoms with Crippen LogP contribution in [-0.4, -0.2) is 10.1 Å². The van der Waals surface area contributed by atoms with Crippen molar-refractivity contribution in [2.24, 2.45) is 0 Å². The minimum absolute atomic E-state index is 0.437. The number of aromatic nitrogens is 1. The number of pyridine rings is 1. The fourth-order valence-electron chi connectivity index (χ4n) is 2.31. The van der Waals surface area contributed by atoms with E-state index < -0.39 is 6.10 Å². The van der Waals surface area contributed by atoms with Crippen LogP contribution in [0.1, 0.15) is 50.8 Å². The van der Waals surface area contributed by atoms with Crippen LogP contribution in [0.25, 0.3) is 10.8 Å². The van der Waals surface area contributed by atoms with Gasteiger partial charge < -0.3 is 5.11 Å². The van der Waals surface area contributed by atoms with Crippen LogP contribution >= 0.6 is 0 Å². The van der Waals surface area contributed by atoms with Gasteiger partial charge in [0.25, 0.3) is 0 Å². The highest BCUT2D eigenvalue weighted by molar-refractivity contribution is 5.84. The number of hydrogen-bond donors (Lipinski definition) is 1. The van der Waals surface area contributed by atoms with E-state index in [1.807, 2.05) is 24.3 Å². The molecule has 96 valence electrons. The molecule has 1 N–H and O–H groups in total. The van der Waals surface area contributed by atoms with Crippen LogP contribution in [0.3, 0.4) is 0 Å². The van der Waals surface area contributed by atoms with E-state index in [9.17, 15) is 5.11 Å². The van der Waals surface area contributed by atoms with Crippen molar-refractivity contribution in [3.63, 3.8) is 0 Å². The van der Waals surface area contributed by atoms with Crippen LogP contribution in [-0.2, 0) is 0 Å². The minimum Gasteiger partial charge on any atom is -0.387 e. The van der Waals surface area contributed by atoms with Crippen molar-refractivity contribution in [1.82, 2.24) is 4.98 Å². The summed E-state index contributed by atoms with van der Waals surface area (Å²) < 4.78 is 0. The van der Waals surface area contributed by atoms with E-state index in [-0.39, 0.29) is 0 Å². The fourth-order valence-corrected chi connectivity index (χ4v) is 2.31. The lowest BCUT2D eigenvalue weighted by atomic mass is 10.0. The minimum atomic E-state index is -0.437.